The largest absolute Gasteiger partial charge is 0.410 e. The van der Waals surface area contributed by atoms with Crippen LogP contribution in [-0.2, 0) is 16.6 Å². The predicted molar refractivity (Wildman–Crippen MR) is 103 cm³/mol. The Morgan fingerprint density at radius 2 is 1.89 bits per heavy atom. The van der Waals surface area contributed by atoms with Crippen molar-refractivity contribution in [2.24, 2.45) is 5.14 Å². The lowest BCUT2D eigenvalue weighted by molar-refractivity contribution is -0.131. The van der Waals surface area contributed by atoms with Gasteiger partial charge in [-0.15, -0.1) is 0 Å². The molecule has 10 heteroatoms. The monoisotopic (exact) mass is 452 g/mol. The highest BCUT2D eigenvalue weighted by Crippen LogP contribution is 2.41. The summed E-state index contributed by atoms with van der Waals surface area (Å²) in [6, 6.07) is 8.77. The number of benzene rings is 2. The first-order chi connectivity index (χ1) is 12.9. The van der Waals surface area contributed by atoms with Crippen LogP contribution >= 0.6 is 23.2 Å². The number of primary sulfonamides is 1. The van der Waals surface area contributed by atoms with Gasteiger partial charge in [-0.05, 0) is 41.4 Å². The molecule has 0 fully saturated rings. The molecule has 152 valence electrons. The summed E-state index contributed by atoms with van der Waals surface area (Å²) in [4.78, 5) is 1.99. The molecule has 2 aromatic carbocycles. The zero-order valence-corrected chi connectivity index (χ0v) is 17.0. The normalized spacial score (nSPS) is 19.3. The van der Waals surface area contributed by atoms with Crippen LogP contribution in [0.4, 0.5) is 13.2 Å². The van der Waals surface area contributed by atoms with Gasteiger partial charge in [-0.1, -0.05) is 47.5 Å². The Labute approximate surface area is 171 Å². The van der Waals surface area contributed by atoms with E-state index in [1.54, 1.807) is 18.2 Å². The van der Waals surface area contributed by atoms with Crippen LogP contribution in [0.5, 0.6) is 0 Å². The second-order valence-electron chi connectivity index (χ2n) is 6.89. The molecule has 0 saturated heterocycles. The summed E-state index contributed by atoms with van der Waals surface area (Å²) >= 11 is 12.4. The molecule has 2 atom stereocenters. The van der Waals surface area contributed by atoms with Gasteiger partial charge in [-0.25, -0.2) is 13.6 Å². The third-order valence-electron chi connectivity index (χ3n) is 4.73. The van der Waals surface area contributed by atoms with Crippen molar-refractivity contribution in [1.29, 1.82) is 0 Å². The van der Waals surface area contributed by atoms with Crippen LogP contribution < -0.4 is 5.14 Å². The Hall–Kier alpha value is -1.32. The minimum Gasteiger partial charge on any atom is -0.301 e. The molecule has 0 saturated carbocycles. The Morgan fingerprint density at radius 3 is 2.50 bits per heavy atom. The van der Waals surface area contributed by atoms with E-state index in [1.807, 2.05) is 11.9 Å². The maximum atomic E-state index is 13.4. The van der Waals surface area contributed by atoms with Crippen molar-refractivity contribution in [2.75, 3.05) is 13.6 Å². The molecule has 28 heavy (non-hydrogen) atoms. The minimum atomic E-state index is -5.03. The van der Waals surface area contributed by atoms with Crippen molar-refractivity contribution >= 4 is 33.2 Å². The van der Waals surface area contributed by atoms with E-state index in [1.165, 1.54) is 12.1 Å². The SMILES string of the molecule is CN1Cc2c(Cl)cc(Cl)cc2C(c2cccc(C(C(F)(F)F)S(N)(=O)=O)c2)C1. The Kier molecular flexibility index (Phi) is 5.73. The fourth-order valence-corrected chi connectivity index (χ4v) is 5.10. The molecule has 0 radical (unpaired) electrons. The maximum Gasteiger partial charge on any atom is 0.410 e. The second kappa shape index (κ2) is 7.50. The van der Waals surface area contributed by atoms with Gasteiger partial charge in [0.1, 0.15) is 0 Å². The first-order valence-corrected chi connectivity index (χ1v) is 10.6. The average molecular weight is 453 g/mol. The van der Waals surface area contributed by atoms with Gasteiger partial charge in [-0.2, -0.15) is 13.2 Å². The first kappa shape index (κ1) is 21.4. The molecule has 0 aromatic heterocycles. The lowest BCUT2D eigenvalue weighted by atomic mass is 9.84. The number of alkyl halides is 3. The van der Waals surface area contributed by atoms with Gasteiger partial charge in [0, 0.05) is 29.1 Å². The van der Waals surface area contributed by atoms with Gasteiger partial charge in [-0.3, -0.25) is 0 Å². The van der Waals surface area contributed by atoms with Crippen LogP contribution in [-0.4, -0.2) is 33.1 Å². The zero-order valence-electron chi connectivity index (χ0n) is 14.7. The summed E-state index contributed by atoms with van der Waals surface area (Å²) in [7, 11) is -3.02. The molecule has 1 aliphatic rings. The highest BCUT2D eigenvalue weighted by atomic mass is 35.5. The molecular formula is C18H17Cl2F3N2O2S. The third kappa shape index (κ3) is 4.31. The molecule has 1 aliphatic heterocycles. The summed E-state index contributed by atoms with van der Waals surface area (Å²) in [6.07, 6.45) is -5.03. The molecule has 0 aliphatic carbocycles. The molecule has 0 bridgehead atoms. The summed E-state index contributed by atoms with van der Waals surface area (Å²) in [5, 5.41) is 2.99. The standard InChI is InChI=1S/C18H17Cl2F3N2O2S/c1-25-8-14(13-6-12(19)7-16(20)15(13)9-25)10-3-2-4-11(5-10)17(18(21,22)23)28(24,26)27/h2-7,14,17H,8-9H2,1H3,(H2,24,26,27). The second-order valence-corrected chi connectivity index (χ2v) is 9.38. The Balaban J connectivity index is 2.14. The topological polar surface area (TPSA) is 63.4 Å². The summed E-state index contributed by atoms with van der Waals surface area (Å²) in [5.41, 5.74) is 1.76. The van der Waals surface area contributed by atoms with E-state index < -0.39 is 27.0 Å². The van der Waals surface area contributed by atoms with E-state index in [4.69, 9.17) is 28.3 Å². The molecular weight excluding hydrogens is 436 g/mol. The minimum absolute atomic E-state index is 0.320. The maximum absolute atomic E-state index is 13.4. The summed E-state index contributed by atoms with van der Waals surface area (Å²) < 4.78 is 63.4. The predicted octanol–water partition coefficient (Wildman–Crippen LogP) is 4.46. The van der Waals surface area contributed by atoms with Crippen LogP contribution in [0.25, 0.3) is 0 Å². The van der Waals surface area contributed by atoms with Crippen molar-refractivity contribution < 1.29 is 21.6 Å². The quantitative estimate of drug-likeness (QED) is 0.747. The number of nitrogens with zero attached hydrogens (tertiary/aromatic N) is 1. The number of hydrogen-bond donors (Lipinski definition) is 1. The van der Waals surface area contributed by atoms with Crippen LogP contribution in [0.2, 0.25) is 10.0 Å². The Morgan fingerprint density at radius 1 is 1.21 bits per heavy atom. The fourth-order valence-electron chi connectivity index (χ4n) is 3.63. The van der Waals surface area contributed by atoms with Gasteiger partial charge in [0.25, 0.3) is 0 Å². The molecule has 0 spiro atoms. The molecule has 4 nitrogen and oxygen atoms in total. The number of nitrogens with two attached hydrogens (primary N) is 1. The van der Waals surface area contributed by atoms with Gasteiger partial charge < -0.3 is 4.90 Å². The number of fused-ring (bicyclic) bond motifs is 1. The van der Waals surface area contributed by atoms with Crippen molar-refractivity contribution in [3.05, 3.63) is 68.7 Å². The number of sulfonamides is 1. The summed E-state index contributed by atoms with van der Waals surface area (Å²) in [6.45, 7) is 1.09. The van der Waals surface area contributed by atoms with E-state index in [9.17, 15) is 21.6 Å². The van der Waals surface area contributed by atoms with Crippen molar-refractivity contribution in [3.8, 4) is 0 Å². The fraction of sp³-hybridized carbons (Fsp3) is 0.333. The molecule has 2 unspecified atom stereocenters. The molecule has 2 aromatic rings. The number of rotatable bonds is 3. The number of halogens is 5. The lowest BCUT2D eigenvalue weighted by Crippen LogP contribution is -2.34. The highest BCUT2D eigenvalue weighted by molar-refractivity contribution is 7.89. The van der Waals surface area contributed by atoms with Gasteiger partial charge in [0.2, 0.25) is 10.0 Å². The first-order valence-electron chi connectivity index (χ1n) is 8.22. The van der Waals surface area contributed by atoms with Crippen LogP contribution in [0, 0.1) is 0 Å². The smallest absolute Gasteiger partial charge is 0.301 e. The third-order valence-corrected chi connectivity index (χ3v) is 6.49. The number of likely N-dealkylation sites (N-methyl/N-ethyl adjacent to an activating group) is 1. The molecule has 1 heterocycles. The van der Waals surface area contributed by atoms with E-state index in [-0.39, 0.29) is 5.92 Å². The van der Waals surface area contributed by atoms with E-state index in [0.717, 1.165) is 17.2 Å². The Bertz CT molecular complexity index is 1010. The van der Waals surface area contributed by atoms with Crippen LogP contribution in [0.1, 0.15) is 33.4 Å². The van der Waals surface area contributed by atoms with E-state index in [0.29, 0.717) is 28.7 Å². The van der Waals surface area contributed by atoms with Crippen molar-refractivity contribution in [2.45, 2.75) is 23.9 Å². The average Bonchev–Trinajstić information content (AvgIpc) is 2.52. The van der Waals surface area contributed by atoms with Crippen molar-refractivity contribution in [3.63, 3.8) is 0 Å². The van der Waals surface area contributed by atoms with Crippen molar-refractivity contribution in [1.82, 2.24) is 4.90 Å². The highest BCUT2D eigenvalue weighted by Gasteiger charge is 2.48. The van der Waals surface area contributed by atoms with Gasteiger partial charge in [0.15, 0.2) is 5.25 Å². The van der Waals surface area contributed by atoms with E-state index >= 15 is 0 Å². The number of hydrogen-bond acceptors (Lipinski definition) is 3. The van der Waals surface area contributed by atoms with E-state index in [2.05, 4.69) is 0 Å². The zero-order chi connectivity index (χ0) is 20.9. The lowest BCUT2D eigenvalue weighted by Gasteiger charge is -2.33. The molecule has 2 N–H and O–H groups in total. The molecule has 3 rings (SSSR count). The van der Waals surface area contributed by atoms with Crippen LogP contribution in [0.15, 0.2) is 36.4 Å². The molecule has 0 amide bonds. The van der Waals surface area contributed by atoms with Gasteiger partial charge >= 0.3 is 6.18 Å². The van der Waals surface area contributed by atoms with Gasteiger partial charge in [0.05, 0.1) is 0 Å². The van der Waals surface area contributed by atoms with Crippen LogP contribution in [0.3, 0.4) is 0 Å². The summed E-state index contributed by atoms with van der Waals surface area (Å²) in [5.74, 6) is -0.320.